The Kier molecular flexibility index (Phi) is 0.969. The van der Waals surface area contributed by atoms with Crippen LogP contribution in [-0.2, 0) is 14.3 Å². The van der Waals surface area contributed by atoms with E-state index in [4.69, 9.17) is 9.47 Å². The van der Waals surface area contributed by atoms with Gasteiger partial charge in [-0.3, -0.25) is 4.79 Å². The lowest BCUT2D eigenvalue weighted by Crippen LogP contribution is -2.39. The highest BCUT2D eigenvalue weighted by Gasteiger charge is 2.58. The van der Waals surface area contributed by atoms with Crippen LogP contribution in [0.1, 0.15) is 6.42 Å². The maximum atomic E-state index is 11.2. The lowest BCUT2D eigenvalue weighted by atomic mass is 9.65. The Morgan fingerprint density at radius 1 is 1.36 bits per heavy atom. The van der Waals surface area contributed by atoms with Gasteiger partial charge in [0.25, 0.3) is 0 Å². The fourth-order valence-corrected chi connectivity index (χ4v) is 2.53. The van der Waals surface area contributed by atoms with Crippen molar-refractivity contribution in [3.63, 3.8) is 0 Å². The topological polar surface area (TPSA) is 35.5 Å². The SMILES string of the molecule is O=C1OC2COCC3CC2C13. The Bertz CT molecular complexity index is 211. The van der Waals surface area contributed by atoms with Crippen molar-refractivity contribution in [3.05, 3.63) is 0 Å². The third-order valence-corrected chi connectivity index (χ3v) is 3.18. The summed E-state index contributed by atoms with van der Waals surface area (Å²) in [6, 6.07) is 0. The van der Waals surface area contributed by atoms with Gasteiger partial charge in [0.05, 0.1) is 19.1 Å². The minimum absolute atomic E-state index is 0.0274. The van der Waals surface area contributed by atoms with Gasteiger partial charge >= 0.3 is 5.97 Å². The van der Waals surface area contributed by atoms with Crippen LogP contribution in [0.4, 0.5) is 0 Å². The quantitative estimate of drug-likeness (QED) is 0.467. The first-order chi connectivity index (χ1) is 5.36. The van der Waals surface area contributed by atoms with Crippen molar-refractivity contribution in [1.82, 2.24) is 0 Å². The maximum Gasteiger partial charge on any atom is 0.310 e. The second-order valence-electron chi connectivity index (χ2n) is 3.70. The first-order valence-corrected chi connectivity index (χ1v) is 4.14. The molecule has 0 N–H and O–H groups in total. The molecule has 3 heterocycles. The average Bonchev–Trinajstić information content (AvgIpc) is 2.14. The van der Waals surface area contributed by atoms with E-state index in [0.717, 1.165) is 13.0 Å². The Labute approximate surface area is 64.7 Å². The molecule has 1 saturated carbocycles. The highest BCUT2D eigenvalue weighted by atomic mass is 16.6. The van der Waals surface area contributed by atoms with Gasteiger partial charge in [-0.15, -0.1) is 0 Å². The summed E-state index contributed by atoms with van der Waals surface area (Å²) in [5, 5.41) is 0. The Morgan fingerprint density at radius 2 is 2.27 bits per heavy atom. The molecular formula is C8H10O3. The normalized spacial score (nSPS) is 52.9. The summed E-state index contributed by atoms with van der Waals surface area (Å²) in [5.74, 6) is 1.19. The molecule has 0 radical (unpaired) electrons. The zero-order valence-corrected chi connectivity index (χ0v) is 6.16. The molecule has 0 amide bonds. The average molecular weight is 154 g/mol. The van der Waals surface area contributed by atoms with Crippen LogP contribution in [0.5, 0.6) is 0 Å². The number of ether oxygens (including phenoxy) is 2. The molecule has 4 aliphatic rings. The van der Waals surface area contributed by atoms with Gasteiger partial charge in [-0.1, -0.05) is 0 Å². The molecule has 4 unspecified atom stereocenters. The molecule has 4 atom stereocenters. The van der Waals surface area contributed by atoms with E-state index in [1.807, 2.05) is 0 Å². The van der Waals surface area contributed by atoms with Crippen molar-refractivity contribution in [2.24, 2.45) is 17.8 Å². The summed E-state index contributed by atoms with van der Waals surface area (Å²) >= 11 is 0. The first-order valence-electron chi connectivity index (χ1n) is 4.14. The molecule has 0 aromatic rings. The van der Waals surface area contributed by atoms with Gasteiger partial charge in [-0.05, 0) is 12.3 Å². The van der Waals surface area contributed by atoms with E-state index in [1.165, 1.54) is 0 Å². The van der Waals surface area contributed by atoms with Crippen molar-refractivity contribution >= 4 is 5.97 Å². The molecule has 4 bridgehead atoms. The Balaban J connectivity index is 1.96. The van der Waals surface area contributed by atoms with E-state index in [2.05, 4.69) is 0 Å². The highest BCUT2D eigenvalue weighted by molar-refractivity contribution is 5.77. The van der Waals surface area contributed by atoms with Crippen molar-refractivity contribution < 1.29 is 14.3 Å². The Hall–Kier alpha value is -0.570. The van der Waals surface area contributed by atoms with E-state index in [1.54, 1.807) is 0 Å². The third-order valence-electron chi connectivity index (χ3n) is 3.18. The number of carbonyl (C=O) groups is 1. The molecule has 4 fully saturated rings. The molecule has 3 saturated heterocycles. The van der Waals surface area contributed by atoms with Gasteiger partial charge in [-0.2, -0.15) is 0 Å². The third kappa shape index (κ3) is 0.601. The molecule has 1 aliphatic carbocycles. The largest absolute Gasteiger partial charge is 0.459 e. The second-order valence-corrected chi connectivity index (χ2v) is 3.70. The molecule has 11 heavy (non-hydrogen) atoms. The minimum atomic E-state index is 0.0274. The van der Waals surface area contributed by atoms with E-state index in [-0.39, 0.29) is 18.0 Å². The number of carbonyl (C=O) groups excluding carboxylic acids is 1. The zero-order chi connectivity index (χ0) is 7.42. The molecular weight excluding hydrogens is 144 g/mol. The fourth-order valence-electron chi connectivity index (χ4n) is 2.53. The van der Waals surface area contributed by atoms with E-state index >= 15 is 0 Å². The number of esters is 1. The monoisotopic (exact) mass is 154 g/mol. The lowest BCUT2D eigenvalue weighted by Gasteiger charge is -2.34. The predicted molar refractivity (Wildman–Crippen MR) is 35.8 cm³/mol. The first kappa shape index (κ1) is 6.00. The molecule has 3 nitrogen and oxygen atoms in total. The summed E-state index contributed by atoms with van der Waals surface area (Å²) in [4.78, 5) is 11.2. The molecule has 0 aromatic carbocycles. The van der Waals surface area contributed by atoms with Crippen molar-refractivity contribution in [2.75, 3.05) is 13.2 Å². The molecule has 3 aliphatic heterocycles. The van der Waals surface area contributed by atoms with E-state index in [0.29, 0.717) is 18.4 Å². The summed E-state index contributed by atoms with van der Waals surface area (Å²) in [5.41, 5.74) is 0. The van der Waals surface area contributed by atoms with E-state index in [9.17, 15) is 4.79 Å². The molecule has 0 spiro atoms. The molecule has 60 valence electrons. The minimum Gasteiger partial charge on any atom is -0.459 e. The predicted octanol–water partition coefficient (Wildman–Crippen LogP) is 0.194. The summed E-state index contributed by atoms with van der Waals surface area (Å²) in [6.07, 6.45) is 1.23. The van der Waals surface area contributed by atoms with Crippen molar-refractivity contribution in [1.29, 1.82) is 0 Å². The highest BCUT2D eigenvalue weighted by Crippen LogP contribution is 2.50. The van der Waals surface area contributed by atoms with Crippen LogP contribution in [0, 0.1) is 17.8 Å². The standard InChI is InChI=1S/C8H10O3/c9-8-7-4-1-5(7)6(11-8)3-10-2-4/h4-7H,1-3H2. The van der Waals surface area contributed by atoms with Gasteiger partial charge < -0.3 is 9.47 Å². The molecule has 3 heteroatoms. The van der Waals surface area contributed by atoms with Crippen LogP contribution in [0.15, 0.2) is 0 Å². The van der Waals surface area contributed by atoms with Crippen LogP contribution in [0.2, 0.25) is 0 Å². The van der Waals surface area contributed by atoms with Crippen LogP contribution in [0.25, 0.3) is 0 Å². The van der Waals surface area contributed by atoms with Crippen LogP contribution in [-0.4, -0.2) is 25.3 Å². The number of fused-ring (bicyclic) bond motifs is 2. The molecule has 4 rings (SSSR count). The number of hydrogen-bond acceptors (Lipinski definition) is 3. The lowest BCUT2D eigenvalue weighted by molar-refractivity contribution is -0.151. The van der Waals surface area contributed by atoms with Gasteiger partial charge in [0.15, 0.2) is 0 Å². The van der Waals surface area contributed by atoms with Crippen LogP contribution >= 0.6 is 0 Å². The number of rotatable bonds is 0. The Morgan fingerprint density at radius 3 is 3.18 bits per heavy atom. The van der Waals surface area contributed by atoms with Crippen LogP contribution < -0.4 is 0 Å². The maximum absolute atomic E-state index is 11.2. The van der Waals surface area contributed by atoms with E-state index < -0.39 is 0 Å². The van der Waals surface area contributed by atoms with Crippen LogP contribution in [0.3, 0.4) is 0 Å². The summed E-state index contributed by atoms with van der Waals surface area (Å²) in [6.45, 7) is 1.40. The van der Waals surface area contributed by atoms with Gasteiger partial charge in [0.2, 0.25) is 0 Å². The van der Waals surface area contributed by atoms with Crippen molar-refractivity contribution in [2.45, 2.75) is 12.5 Å². The van der Waals surface area contributed by atoms with Gasteiger partial charge in [-0.25, -0.2) is 0 Å². The molecule has 0 aromatic heterocycles. The summed E-state index contributed by atoms with van der Waals surface area (Å²) in [7, 11) is 0. The fraction of sp³-hybridized carbons (Fsp3) is 0.875. The van der Waals surface area contributed by atoms with Crippen molar-refractivity contribution in [3.8, 4) is 0 Å². The van der Waals surface area contributed by atoms with Gasteiger partial charge in [0, 0.05) is 5.92 Å². The number of hydrogen-bond donors (Lipinski definition) is 0. The smallest absolute Gasteiger partial charge is 0.310 e. The summed E-state index contributed by atoms with van der Waals surface area (Å²) < 4.78 is 10.5. The second kappa shape index (κ2) is 1.78. The van der Waals surface area contributed by atoms with Gasteiger partial charge in [0.1, 0.15) is 6.10 Å². The zero-order valence-electron chi connectivity index (χ0n) is 6.16.